The van der Waals surface area contributed by atoms with Crippen molar-refractivity contribution in [3.05, 3.63) is 66.0 Å². The maximum atomic E-state index is 12.2. The number of ether oxygens (including phenoxy) is 2. The second kappa shape index (κ2) is 10.1. The van der Waals surface area contributed by atoms with E-state index in [1.807, 2.05) is 45.9 Å². The van der Waals surface area contributed by atoms with E-state index in [2.05, 4.69) is 59.4 Å². The van der Waals surface area contributed by atoms with E-state index in [9.17, 15) is 4.79 Å². The Morgan fingerprint density at radius 1 is 0.967 bits per heavy atom. The smallest absolute Gasteiger partial charge is 0.316 e. The fourth-order valence-corrected chi connectivity index (χ4v) is 2.78. The fraction of sp³-hybridized carbons (Fsp3) is 0.519. The molecule has 0 bridgehead atoms. The molecule has 0 heterocycles. The van der Waals surface area contributed by atoms with Gasteiger partial charge in [0.2, 0.25) is 0 Å². The molecule has 3 heteroatoms. The summed E-state index contributed by atoms with van der Waals surface area (Å²) in [5, 5.41) is 0. The molecule has 166 valence electrons. The lowest BCUT2D eigenvalue weighted by molar-refractivity contribution is -0.149. The Morgan fingerprint density at radius 3 is 2.00 bits per heavy atom. The second-order valence-corrected chi connectivity index (χ2v) is 9.54. The highest BCUT2D eigenvalue weighted by Gasteiger charge is 2.28. The minimum Gasteiger partial charge on any atom is -0.488 e. The van der Waals surface area contributed by atoms with Crippen molar-refractivity contribution >= 4 is 5.97 Å². The van der Waals surface area contributed by atoms with Gasteiger partial charge < -0.3 is 9.47 Å². The van der Waals surface area contributed by atoms with Crippen LogP contribution in [0.2, 0.25) is 0 Å². The number of carbonyl (C=O) groups is 1. The Balaban J connectivity index is 2.95. The molecule has 0 saturated heterocycles. The first kappa shape index (κ1) is 25.7. The Labute approximate surface area is 183 Å². The summed E-state index contributed by atoms with van der Waals surface area (Å²) in [4.78, 5) is 12.2. The Bertz CT molecular complexity index is 790. The maximum Gasteiger partial charge on any atom is 0.316 e. The van der Waals surface area contributed by atoms with Crippen molar-refractivity contribution in [1.82, 2.24) is 0 Å². The Morgan fingerprint density at radius 2 is 1.53 bits per heavy atom. The standard InChI is InChI=1S/C27H40O3/c1-11-21(15-14-20(4)29-24(28)25(5,6)12-2)27(9,10)22-16-18-23(19-17-22)30-26(7,8)13-3/h11,14-19H,4,12-13H2,1-3,5-10H3/b15-14-,21-11+. The van der Waals surface area contributed by atoms with Crippen LogP contribution in [0.5, 0.6) is 5.75 Å². The molecule has 0 aromatic heterocycles. The average Bonchev–Trinajstić information content (AvgIpc) is 2.68. The zero-order valence-electron chi connectivity index (χ0n) is 20.4. The van der Waals surface area contributed by atoms with Gasteiger partial charge in [0.15, 0.2) is 0 Å². The largest absolute Gasteiger partial charge is 0.488 e. The highest BCUT2D eigenvalue weighted by Crippen LogP contribution is 2.34. The van der Waals surface area contributed by atoms with E-state index in [-0.39, 0.29) is 17.0 Å². The van der Waals surface area contributed by atoms with Gasteiger partial charge in [-0.3, -0.25) is 4.79 Å². The third-order valence-electron chi connectivity index (χ3n) is 5.96. The van der Waals surface area contributed by atoms with E-state index in [4.69, 9.17) is 9.47 Å². The number of hydrogen-bond donors (Lipinski definition) is 0. The molecule has 0 aliphatic carbocycles. The topological polar surface area (TPSA) is 35.5 Å². The van der Waals surface area contributed by atoms with E-state index in [1.165, 1.54) is 5.56 Å². The molecule has 0 unspecified atom stereocenters. The first-order valence-corrected chi connectivity index (χ1v) is 10.8. The van der Waals surface area contributed by atoms with E-state index in [1.54, 1.807) is 6.08 Å². The summed E-state index contributed by atoms with van der Waals surface area (Å²) in [6.45, 7) is 22.3. The molecule has 1 rings (SSSR count). The van der Waals surface area contributed by atoms with Crippen LogP contribution in [0.1, 0.15) is 80.7 Å². The molecule has 0 amide bonds. The van der Waals surface area contributed by atoms with Gasteiger partial charge in [-0.2, -0.15) is 0 Å². The number of esters is 1. The van der Waals surface area contributed by atoms with Crippen LogP contribution >= 0.6 is 0 Å². The second-order valence-electron chi connectivity index (χ2n) is 9.54. The van der Waals surface area contributed by atoms with Crippen LogP contribution in [-0.4, -0.2) is 11.6 Å². The Kier molecular flexibility index (Phi) is 8.71. The zero-order chi connectivity index (χ0) is 23.2. The van der Waals surface area contributed by atoms with Gasteiger partial charge in [0, 0.05) is 5.41 Å². The number of rotatable bonds is 10. The molecule has 0 fully saturated rings. The summed E-state index contributed by atoms with van der Waals surface area (Å²) < 4.78 is 11.5. The lowest BCUT2D eigenvalue weighted by Crippen LogP contribution is -2.27. The summed E-state index contributed by atoms with van der Waals surface area (Å²) in [6.07, 6.45) is 7.47. The van der Waals surface area contributed by atoms with Gasteiger partial charge in [-0.15, -0.1) is 0 Å². The van der Waals surface area contributed by atoms with E-state index >= 15 is 0 Å². The van der Waals surface area contributed by atoms with Crippen molar-refractivity contribution in [2.75, 3.05) is 0 Å². The molecule has 1 aromatic carbocycles. The molecule has 0 radical (unpaired) electrons. The highest BCUT2D eigenvalue weighted by atomic mass is 16.5. The van der Waals surface area contributed by atoms with E-state index in [0.29, 0.717) is 12.2 Å². The Hall–Kier alpha value is -2.29. The number of allylic oxidation sites excluding steroid dienone is 4. The molecule has 0 N–H and O–H groups in total. The molecule has 30 heavy (non-hydrogen) atoms. The van der Waals surface area contributed by atoms with Crippen molar-refractivity contribution in [1.29, 1.82) is 0 Å². The molecule has 3 nitrogen and oxygen atoms in total. The lowest BCUT2D eigenvalue weighted by atomic mass is 9.77. The van der Waals surface area contributed by atoms with Crippen molar-refractivity contribution < 1.29 is 14.3 Å². The van der Waals surface area contributed by atoms with Gasteiger partial charge >= 0.3 is 5.97 Å². The molecule has 1 aromatic rings. The molecular weight excluding hydrogens is 372 g/mol. The quantitative estimate of drug-likeness (QED) is 0.226. The van der Waals surface area contributed by atoms with Gasteiger partial charge in [0.05, 0.1) is 5.41 Å². The zero-order valence-corrected chi connectivity index (χ0v) is 20.4. The maximum absolute atomic E-state index is 12.2. The summed E-state index contributed by atoms with van der Waals surface area (Å²) in [7, 11) is 0. The van der Waals surface area contributed by atoms with Crippen LogP contribution in [0.3, 0.4) is 0 Å². The van der Waals surface area contributed by atoms with E-state index < -0.39 is 5.41 Å². The van der Waals surface area contributed by atoms with Gasteiger partial charge in [0.25, 0.3) is 0 Å². The fourth-order valence-electron chi connectivity index (χ4n) is 2.78. The van der Waals surface area contributed by atoms with Crippen LogP contribution in [0.4, 0.5) is 0 Å². The van der Waals surface area contributed by atoms with Crippen molar-refractivity contribution in [2.24, 2.45) is 5.41 Å². The summed E-state index contributed by atoms with van der Waals surface area (Å²) >= 11 is 0. The first-order chi connectivity index (χ1) is 13.8. The van der Waals surface area contributed by atoms with Crippen molar-refractivity contribution in [2.45, 2.75) is 86.2 Å². The minimum absolute atomic E-state index is 0.182. The summed E-state index contributed by atoms with van der Waals surface area (Å²) in [6, 6.07) is 8.27. The molecule has 0 spiro atoms. The molecule has 0 aliphatic rings. The predicted octanol–water partition coefficient (Wildman–Crippen LogP) is 7.53. The predicted molar refractivity (Wildman–Crippen MR) is 127 cm³/mol. The first-order valence-electron chi connectivity index (χ1n) is 10.8. The summed E-state index contributed by atoms with van der Waals surface area (Å²) in [5.74, 6) is 0.964. The van der Waals surface area contributed by atoms with Gasteiger partial charge in [-0.05, 0) is 76.8 Å². The van der Waals surface area contributed by atoms with Crippen LogP contribution in [-0.2, 0) is 14.9 Å². The molecule has 0 atom stereocenters. The number of benzene rings is 1. The van der Waals surface area contributed by atoms with E-state index in [0.717, 1.165) is 17.7 Å². The summed E-state index contributed by atoms with van der Waals surface area (Å²) in [5.41, 5.74) is 1.36. The number of carbonyl (C=O) groups excluding carboxylic acids is 1. The third kappa shape index (κ3) is 6.90. The van der Waals surface area contributed by atoms with Gasteiger partial charge in [0.1, 0.15) is 17.1 Å². The van der Waals surface area contributed by atoms with Crippen molar-refractivity contribution in [3.8, 4) is 5.75 Å². The third-order valence-corrected chi connectivity index (χ3v) is 5.96. The SMILES string of the molecule is C=C(/C=C\C(=C/C)C(C)(C)c1ccc(OC(C)(C)CC)cc1)OC(=O)C(C)(C)CC. The number of hydrogen-bond acceptors (Lipinski definition) is 3. The van der Waals surface area contributed by atoms with Crippen LogP contribution in [0.25, 0.3) is 0 Å². The van der Waals surface area contributed by atoms with Gasteiger partial charge in [-0.1, -0.05) is 58.6 Å². The lowest BCUT2D eigenvalue weighted by Gasteiger charge is -2.29. The van der Waals surface area contributed by atoms with Crippen molar-refractivity contribution in [3.63, 3.8) is 0 Å². The monoisotopic (exact) mass is 412 g/mol. The van der Waals surface area contributed by atoms with Crippen LogP contribution in [0, 0.1) is 5.41 Å². The molecule has 0 aliphatic heterocycles. The molecular formula is C27H40O3. The normalized spacial score (nSPS) is 13.4. The average molecular weight is 413 g/mol. The van der Waals surface area contributed by atoms with Crippen LogP contribution in [0.15, 0.2) is 60.4 Å². The minimum atomic E-state index is -0.518. The highest BCUT2D eigenvalue weighted by molar-refractivity contribution is 5.77. The van der Waals surface area contributed by atoms with Gasteiger partial charge in [-0.25, -0.2) is 0 Å². The van der Waals surface area contributed by atoms with Crippen LogP contribution < -0.4 is 4.74 Å². The molecule has 0 saturated carbocycles.